The fraction of sp³-hybridized carbons (Fsp3) is 0.100. The van der Waals surface area contributed by atoms with E-state index in [1.54, 1.807) is 0 Å². The number of aryl methyl sites for hydroxylation is 2. The lowest BCUT2D eigenvalue weighted by Crippen LogP contribution is -1.84. The van der Waals surface area contributed by atoms with Crippen molar-refractivity contribution in [2.75, 3.05) is 0 Å². The van der Waals surface area contributed by atoms with E-state index in [1.165, 1.54) is 33.4 Å². The van der Waals surface area contributed by atoms with Crippen LogP contribution in [0.5, 0.6) is 0 Å². The Morgan fingerprint density at radius 2 is 1.20 bits per heavy atom. The minimum atomic E-state index is 1.27. The summed E-state index contributed by atoms with van der Waals surface area (Å²) in [4.78, 5) is 0. The van der Waals surface area contributed by atoms with E-state index in [9.17, 15) is 0 Å². The zero-order chi connectivity index (χ0) is 13.9. The van der Waals surface area contributed by atoms with Crippen LogP contribution in [0, 0.1) is 13.8 Å². The molecular formula is C20H18. The Morgan fingerprint density at radius 3 is 1.95 bits per heavy atom. The Kier molecular flexibility index (Phi) is 3.39. The summed E-state index contributed by atoms with van der Waals surface area (Å²) in [5.41, 5.74) is 7.75. The molecule has 0 saturated heterocycles. The molecule has 0 aromatic heterocycles. The van der Waals surface area contributed by atoms with Crippen LogP contribution in [0.1, 0.15) is 11.1 Å². The topological polar surface area (TPSA) is 0 Å². The van der Waals surface area contributed by atoms with Crippen molar-refractivity contribution in [2.24, 2.45) is 0 Å². The lowest BCUT2D eigenvalue weighted by molar-refractivity contribution is 1.45. The molecule has 0 nitrogen and oxygen atoms in total. The monoisotopic (exact) mass is 258 g/mol. The second-order valence-electron chi connectivity index (χ2n) is 5.27. The van der Waals surface area contributed by atoms with E-state index in [-0.39, 0.29) is 0 Å². The lowest BCUT2D eigenvalue weighted by Gasteiger charge is -2.09. The molecule has 0 amide bonds. The van der Waals surface area contributed by atoms with Gasteiger partial charge in [-0.05, 0) is 47.7 Å². The maximum Gasteiger partial charge on any atom is -0.0155 e. The molecule has 0 N–H and O–H groups in total. The van der Waals surface area contributed by atoms with Crippen molar-refractivity contribution >= 4 is 0 Å². The van der Waals surface area contributed by atoms with Gasteiger partial charge in [0.25, 0.3) is 0 Å². The van der Waals surface area contributed by atoms with Gasteiger partial charge in [0.15, 0.2) is 0 Å². The normalized spacial score (nSPS) is 10.5. The Morgan fingerprint density at radius 1 is 0.550 bits per heavy atom. The molecule has 98 valence electrons. The predicted molar refractivity (Wildman–Crippen MR) is 86.8 cm³/mol. The molecule has 0 bridgehead atoms. The number of rotatable bonds is 2. The van der Waals surface area contributed by atoms with Gasteiger partial charge < -0.3 is 0 Å². The van der Waals surface area contributed by atoms with Crippen LogP contribution in [0.2, 0.25) is 0 Å². The van der Waals surface area contributed by atoms with Crippen LogP contribution in [0.3, 0.4) is 0 Å². The second-order valence-corrected chi connectivity index (χ2v) is 5.27. The van der Waals surface area contributed by atoms with Crippen molar-refractivity contribution in [3.05, 3.63) is 83.9 Å². The quantitative estimate of drug-likeness (QED) is 0.558. The minimum absolute atomic E-state index is 1.27. The van der Waals surface area contributed by atoms with Crippen molar-refractivity contribution in [1.82, 2.24) is 0 Å². The Labute approximate surface area is 120 Å². The van der Waals surface area contributed by atoms with E-state index in [0.29, 0.717) is 0 Å². The fourth-order valence-corrected chi connectivity index (χ4v) is 2.59. The molecule has 0 fully saturated rings. The molecule has 0 aliphatic heterocycles. The predicted octanol–water partition coefficient (Wildman–Crippen LogP) is 5.64. The molecular weight excluding hydrogens is 240 g/mol. The fourth-order valence-electron chi connectivity index (χ4n) is 2.59. The molecule has 0 atom stereocenters. The first-order valence-electron chi connectivity index (χ1n) is 6.97. The first-order valence-corrected chi connectivity index (χ1v) is 6.97. The Bertz CT molecular complexity index is 738. The number of hydrogen-bond acceptors (Lipinski definition) is 0. The third-order valence-electron chi connectivity index (χ3n) is 3.67. The number of benzene rings is 3. The van der Waals surface area contributed by atoms with Gasteiger partial charge in [0.1, 0.15) is 0 Å². The molecule has 0 aliphatic carbocycles. The Balaban J connectivity index is 2.09. The lowest BCUT2D eigenvalue weighted by atomic mass is 9.96. The van der Waals surface area contributed by atoms with E-state index in [1.807, 2.05) is 0 Å². The van der Waals surface area contributed by atoms with Crippen molar-refractivity contribution in [3.63, 3.8) is 0 Å². The molecule has 0 unspecified atom stereocenters. The summed E-state index contributed by atoms with van der Waals surface area (Å²) in [6, 6.07) is 26.0. The van der Waals surface area contributed by atoms with Gasteiger partial charge in [-0.15, -0.1) is 0 Å². The molecule has 0 heterocycles. The highest BCUT2D eigenvalue weighted by atomic mass is 14.1. The van der Waals surface area contributed by atoms with Crippen molar-refractivity contribution in [1.29, 1.82) is 0 Å². The average molecular weight is 258 g/mol. The van der Waals surface area contributed by atoms with Gasteiger partial charge in [-0.1, -0.05) is 72.3 Å². The Hall–Kier alpha value is -2.34. The van der Waals surface area contributed by atoms with Crippen molar-refractivity contribution in [2.45, 2.75) is 13.8 Å². The zero-order valence-electron chi connectivity index (χ0n) is 11.9. The van der Waals surface area contributed by atoms with Gasteiger partial charge in [0.2, 0.25) is 0 Å². The van der Waals surface area contributed by atoms with E-state index in [2.05, 4.69) is 86.6 Å². The van der Waals surface area contributed by atoms with Gasteiger partial charge >= 0.3 is 0 Å². The summed E-state index contributed by atoms with van der Waals surface area (Å²) in [5, 5.41) is 0. The summed E-state index contributed by atoms with van der Waals surface area (Å²) in [7, 11) is 0. The van der Waals surface area contributed by atoms with Crippen LogP contribution >= 0.6 is 0 Å². The van der Waals surface area contributed by atoms with Crippen LogP contribution in [-0.2, 0) is 0 Å². The molecule has 0 heteroatoms. The van der Waals surface area contributed by atoms with Gasteiger partial charge in [-0.25, -0.2) is 0 Å². The van der Waals surface area contributed by atoms with Crippen LogP contribution in [-0.4, -0.2) is 0 Å². The summed E-state index contributed by atoms with van der Waals surface area (Å²) in [6.45, 7) is 4.30. The van der Waals surface area contributed by atoms with Crippen LogP contribution < -0.4 is 0 Å². The van der Waals surface area contributed by atoms with Gasteiger partial charge in [-0.3, -0.25) is 0 Å². The molecule has 0 spiro atoms. The largest absolute Gasteiger partial charge is 0.0620 e. The number of hydrogen-bond donors (Lipinski definition) is 0. The smallest absolute Gasteiger partial charge is 0.0155 e. The molecule has 0 aliphatic rings. The van der Waals surface area contributed by atoms with E-state index < -0.39 is 0 Å². The first kappa shape index (κ1) is 12.7. The van der Waals surface area contributed by atoms with E-state index in [0.717, 1.165) is 0 Å². The maximum absolute atomic E-state index is 2.27. The summed E-state index contributed by atoms with van der Waals surface area (Å²) >= 11 is 0. The zero-order valence-corrected chi connectivity index (χ0v) is 11.9. The van der Waals surface area contributed by atoms with E-state index in [4.69, 9.17) is 0 Å². The highest BCUT2D eigenvalue weighted by Gasteiger charge is 2.03. The van der Waals surface area contributed by atoms with Crippen LogP contribution in [0.15, 0.2) is 72.8 Å². The van der Waals surface area contributed by atoms with Crippen molar-refractivity contribution < 1.29 is 0 Å². The molecule has 20 heavy (non-hydrogen) atoms. The second kappa shape index (κ2) is 5.34. The third-order valence-corrected chi connectivity index (χ3v) is 3.67. The van der Waals surface area contributed by atoms with Crippen molar-refractivity contribution in [3.8, 4) is 22.3 Å². The van der Waals surface area contributed by atoms with Crippen LogP contribution in [0.4, 0.5) is 0 Å². The van der Waals surface area contributed by atoms with Gasteiger partial charge in [-0.2, -0.15) is 0 Å². The average Bonchev–Trinajstić information content (AvgIpc) is 2.48. The SMILES string of the molecule is Cc1cccc(-c2cccc(-c3ccccc3C)c2)c1. The summed E-state index contributed by atoms with van der Waals surface area (Å²) in [5.74, 6) is 0. The molecule has 3 aromatic rings. The van der Waals surface area contributed by atoms with Crippen LogP contribution in [0.25, 0.3) is 22.3 Å². The minimum Gasteiger partial charge on any atom is -0.0620 e. The van der Waals surface area contributed by atoms with E-state index >= 15 is 0 Å². The molecule has 3 rings (SSSR count). The third kappa shape index (κ3) is 2.50. The first-order chi connectivity index (χ1) is 9.74. The summed E-state index contributed by atoms with van der Waals surface area (Å²) in [6.07, 6.45) is 0. The van der Waals surface area contributed by atoms with Gasteiger partial charge in [0, 0.05) is 0 Å². The highest BCUT2D eigenvalue weighted by molar-refractivity contribution is 5.74. The molecule has 0 radical (unpaired) electrons. The summed E-state index contributed by atoms with van der Waals surface area (Å²) < 4.78 is 0. The molecule has 0 saturated carbocycles. The van der Waals surface area contributed by atoms with Gasteiger partial charge in [0.05, 0.1) is 0 Å². The maximum atomic E-state index is 2.27. The highest BCUT2D eigenvalue weighted by Crippen LogP contribution is 2.28. The molecule has 3 aromatic carbocycles. The standard InChI is InChI=1S/C20H18/c1-15-7-5-9-17(13-15)18-10-6-11-19(14-18)20-12-4-3-8-16(20)2/h3-14H,1-2H3.